The van der Waals surface area contributed by atoms with Gasteiger partial charge in [-0.3, -0.25) is 0 Å². The predicted octanol–water partition coefficient (Wildman–Crippen LogP) is 1.79. The molecule has 0 aliphatic heterocycles. The van der Waals surface area contributed by atoms with Gasteiger partial charge in [0, 0.05) is 18.6 Å². The molecule has 0 aliphatic carbocycles. The lowest BCUT2D eigenvalue weighted by atomic mass is 10.4. The Kier molecular flexibility index (Phi) is 4.52. The number of anilines is 1. The monoisotopic (exact) mass is 221 g/mol. The number of nitrogens with zero attached hydrogens (tertiary/aromatic N) is 3. The summed E-state index contributed by atoms with van der Waals surface area (Å²) in [5.41, 5.74) is 0. The number of hydrogen-bond donors (Lipinski definition) is 0. The molecule has 0 unspecified atom stereocenters. The summed E-state index contributed by atoms with van der Waals surface area (Å²) in [6.45, 7) is -0.00730. The Morgan fingerprint density at radius 1 is 1.50 bits per heavy atom. The zero-order valence-corrected chi connectivity index (χ0v) is 8.16. The Morgan fingerprint density at radius 2 is 2.29 bits per heavy atom. The summed E-state index contributed by atoms with van der Waals surface area (Å²) in [6.07, 6.45) is 0.435. The van der Waals surface area contributed by atoms with Crippen molar-refractivity contribution in [3.63, 3.8) is 0 Å². The highest BCUT2D eigenvalue weighted by atomic mass is 35.5. The molecule has 0 spiro atoms. The fraction of sp³-hybridized carbons (Fsp3) is 0.500. The van der Waals surface area contributed by atoms with Crippen LogP contribution in [0.3, 0.4) is 0 Å². The number of hydrogen-bond acceptors (Lipinski definition) is 3. The third kappa shape index (κ3) is 3.41. The highest BCUT2D eigenvalue weighted by Crippen LogP contribution is 2.10. The van der Waals surface area contributed by atoms with Crippen LogP contribution in [0.4, 0.5) is 14.6 Å². The van der Waals surface area contributed by atoms with E-state index in [2.05, 4.69) is 9.97 Å². The molecular weight excluding hydrogens is 212 g/mol. The molecule has 1 heterocycles. The molecule has 0 aromatic carbocycles. The zero-order valence-electron chi connectivity index (χ0n) is 7.41. The van der Waals surface area contributed by atoms with E-state index in [0.717, 1.165) is 0 Å². The van der Waals surface area contributed by atoms with E-state index in [-0.39, 0.29) is 12.4 Å². The standard InChI is InChI=1S/C8H10ClF2N3/c9-2-4-14(5-7(10)11)8-1-3-12-6-13-8/h1,3,6-7H,2,4-5H2. The quantitative estimate of drug-likeness (QED) is 0.710. The fourth-order valence-electron chi connectivity index (χ4n) is 1.04. The van der Waals surface area contributed by atoms with Crippen molar-refractivity contribution in [2.45, 2.75) is 6.43 Å². The minimum atomic E-state index is -2.40. The molecule has 6 heteroatoms. The summed E-state index contributed by atoms with van der Waals surface area (Å²) in [5.74, 6) is 0.762. The number of rotatable bonds is 5. The third-order valence-electron chi connectivity index (χ3n) is 1.60. The normalized spacial score (nSPS) is 10.6. The Morgan fingerprint density at radius 3 is 2.79 bits per heavy atom. The first-order valence-corrected chi connectivity index (χ1v) is 4.62. The van der Waals surface area contributed by atoms with Crippen LogP contribution < -0.4 is 4.90 Å². The molecule has 1 rings (SSSR count). The molecule has 1 aromatic rings. The lowest BCUT2D eigenvalue weighted by Gasteiger charge is -2.21. The van der Waals surface area contributed by atoms with Crippen LogP contribution in [0.1, 0.15) is 0 Å². The van der Waals surface area contributed by atoms with Crippen LogP contribution in [0.5, 0.6) is 0 Å². The van der Waals surface area contributed by atoms with E-state index in [1.807, 2.05) is 0 Å². The maximum Gasteiger partial charge on any atom is 0.255 e. The van der Waals surface area contributed by atoms with Gasteiger partial charge in [0.05, 0.1) is 6.54 Å². The molecule has 0 radical (unpaired) electrons. The molecule has 0 fully saturated rings. The number of aromatic nitrogens is 2. The average molecular weight is 222 g/mol. The van der Waals surface area contributed by atoms with Gasteiger partial charge in [-0.1, -0.05) is 0 Å². The third-order valence-corrected chi connectivity index (χ3v) is 1.77. The van der Waals surface area contributed by atoms with Gasteiger partial charge in [0.2, 0.25) is 0 Å². The van der Waals surface area contributed by atoms with E-state index in [9.17, 15) is 8.78 Å². The SMILES string of the molecule is FC(F)CN(CCCl)c1ccncn1. The van der Waals surface area contributed by atoms with Crippen LogP contribution in [0.25, 0.3) is 0 Å². The molecule has 0 bridgehead atoms. The van der Waals surface area contributed by atoms with Gasteiger partial charge in [0.15, 0.2) is 0 Å². The molecule has 0 aliphatic rings. The first-order valence-electron chi connectivity index (χ1n) is 4.09. The van der Waals surface area contributed by atoms with Crippen LogP contribution in [-0.4, -0.2) is 35.4 Å². The lowest BCUT2D eigenvalue weighted by molar-refractivity contribution is 0.155. The summed E-state index contributed by atoms with van der Waals surface area (Å²) in [7, 11) is 0. The first kappa shape index (κ1) is 11.1. The Balaban J connectivity index is 2.67. The van der Waals surface area contributed by atoms with Crippen LogP contribution in [-0.2, 0) is 0 Å². The molecule has 1 aromatic heterocycles. The van der Waals surface area contributed by atoms with Gasteiger partial charge in [-0.05, 0) is 6.07 Å². The topological polar surface area (TPSA) is 29.0 Å². The van der Waals surface area contributed by atoms with Crippen molar-refractivity contribution in [3.8, 4) is 0 Å². The first-order chi connectivity index (χ1) is 6.74. The maximum absolute atomic E-state index is 12.2. The van der Waals surface area contributed by atoms with Crippen molar-refractivity contribution in [2.24, 2.45) is 0 Å². The molecule has 78 valence electrons. The second-order valence-corrected chi connectivity index (χ2v) is 2.97. The summed E-state index contributed by atoms with van der Waals surface area (Å²) < 4.78 is 24.3. The maximum atomic E-state index is 12.2. The Labute approximate surface area is 85.7 Å². The number of halogens is 3. The van der Waals surface area contributed by atoms with Gasteiger partial charge in [-0.25, -0.2) is 18.7 Å². The van der Waals surface area contributed by atoms with Crippen molar-refractivity contribution in [1.29, 1.82) is 0 Å². The Hall–Kier alpha value is -0.970. The van der Waals surface area contributed by atoms with E-state index in [1.165, 1.54) is 17.4 Å². The smallest absolute Gasteiger partial charge is 0.255 e. The van der Waals surface area contributed by atoms with E-state index < -0.39 is 6.43 Å². The summed E-state index contributed by atoms with van der Waals surface area (Å²) in [4.78, 5) is 9.01. The highest BCUT2D eigenvalue weighted by Gasteiger charge is 2.12. The van der Waals surface area contributed by atoms with Gasteiger partial charge in [0.1, 0.15) is 12.1 Å². The molecule has 3 nitrogen and oxygen atoms in total. The summed E-state index contributed by atoms with van der Waals surface area (Å²) in [6, 6.07) is 1.58. The Bertz CT molecular complexity index is 258. The second-order valence-electron chi connectivity index (χ2n) is 2.59. The molecule has 0 atom stereocenters. The van der Waals surface area contributed by atoms with Crippen molar-refractivity contribution in [1.82, 2.24) is 9.97 Å². The predicted molar refractivity (Wildman–Crippen MR) is 51.0 cm³/mol. The zero-order chi connectivity index (χ0) is 10.4. The van der Waals surface area contributed by atoms with Gasteiger partial charge in [0.25, 0.3) is 6.43 Å². The second kappa shape index (κ2) is 5.70. The van der Waals surface area contributed by atoms with Gasteiger partial charge < -0.3 is 4.90 Å². The highest BCUT2D eigenvalue weighted by molar-refractivity contribution is 6.18. The van der Waals surface area contributed by atoms with E-state index in [0.29, 0.717) is 12.4 Å². The van der Waals surface area contributed by atoms with Gasteiger partial charge in [-0.15, -0.1) is 11.6 Å². The van der Waals surface area contributed by atoms with E-state index >= 15 is 0 Å². The molecular formula is C8H10ClF2N3. The average Bonchev–Trinajstić information content (AvgIpc) is 2.18. The van der Waals surface area contributed by atoms with Gasteiger partial charge in [-0.2, -0.15) is 0 Å². The van der Waals surface area contributed by atoms with E-state index in [1.54, 1.807) is 6.07 Å². The molecule has 0 saturated carbocycles. The van der Waals surface area contributed by atoms with Crippen LogP contribution in [0, 0.1) is 0 Å². The molecule has 14 heavy (non-hydrogen) atoms. The largest absolute Gasteiger partial charge is 0.350 e. The van der Waals surface area contributed by atoms with Crippen molar-refractivity contribution >= 4 is 17.4 Å². The minimum Gasteiger partial charge on any atom is -0.350 e. The lowest BCUT2D eigenvalue weighted by Crippen LogP contribution is -2.31. The van der Waals surface area contributed by atoms with Crippen LogP contribution in [0.2, 0.25) is 0 Å². The molecule has 0 N–H and O–H groups in total. The summed E-state index contributed by atoms with van der Waals surface area (Å²) in [5, 5.41) is 0. The van der Waals surface area contributed by atoms with Gasteiger partial charge >= 0.3 is 0 Å². The molecule has 0 amide bonds. The summed E-state index contributed by atoms with van der Waals surface area (Å²) >= 11 is 5.50. The van der Waals surface area contributed by atoms with Crippen LogP contribution in [0.15, 0.2) is 18.6 Å². The fourth-order valence-corrected chi connectivity index (χ4v) is 1.24. The van der Waals surface area contributed by atoms with Crippen molar-refractivity contribution in [2.75, 3.05) is 23.9 Å². The molecule has 0 saturated heterocycles. The number of alkyl halides is 3. The van der Waals surface area contributed by atoms with Crippen molar-refractivity contribution < 1.29 is 8.78 Å². The van der Waals surface area contributed by atoms with Crippen molar-refractivity contribution in [3.05, 3.63) is 18.6 Å². The minimum absolute atomic E-state index is 0.288. The van der Waals surface area contributed by atoms with Crippen LogP contribution >= 0.6 is 11.6 Å². The van der Waals surface area contributed by atoms with E-state index in [4.69, 9.17) is 11.6 Å².